The third-order valence-electron chi connectivity index (χ3n) is 3.53. The van der Waals surface area contributed by atoms with Crippen LogP contribution in [0.15, 0.2) is 70.3 Å². The molecular formula is C18H17N3O3S3. The number of sulfonamides is 1. The van der Waals surface area contributed by atoms with Crippen molar-refractivity contribution in [3.05, 3.63) is 66.0 Å². The van der Waals surface area contributed by atoms with Crippen molar-refractivity contribution < 1.29 is 13.2 Å². The molecule has 3 rings (SSSR count). The molecule has 0 aliphatic heterocycles. The zero-order valence-electron chi connectivity index (χ0n) is 14.3. The van der Waals surface area contributed by atoms with Gasteiger partial charge >= 0.3 is 0 Å². The Bertz CT molecular complexity index is 1020. The summed E-state index contributed by atoms with van der Waals surface area (Å²) < 4.78 is 32.9. The molecule has 0 aliphatic rings. The zero-order chi connectivity index (χ0) is 19.3. The Labute approximate surface area is 167 Å². The second-order valence-corrected chi connectivity index (χ2v) is 8.66. The summed E-state index contributed by atoms with van der Waals surface area (Å²) in [6.45, 7) is 0. The first kappa shape index (κ1) is 19.2. The molecule has 0 saturated heterocycles. The third-order valence-corrected chi connectivity index (χ3v) is 6.49. The van der Waals surface area contributed by atoms with Crippen LogP contribution in [-0.4, -0.2) is 20.6 Å². The van der Waals surface area contributed by atoms with Crippen LogP contribution < -0.4 is 20.1 Å². The van der Waals surface area contributed by atoms with Gasteiger partial charge in [0.2, 0.25) is 0 Å². The smallest absolute Gasteiger partial charge is 0.271 e. The fraction of sp³-hybridized carbons (Fsp3) is 0.0556. The molecule has 0 radical (unpaired) electrons. The summed E-state index contributed by atoms with van der Waals surface area (Å²) >= 11 is 6.49. The highest BCUT2D eigenvalue weighted by Gasteiger charge is 2.17. The molecule has 0 atom stereocenters. The minimum absolute atomic E-state index is 0.247. The predicted octanol–water partition coefficient (Wildman–Crippen LogP) is 4.37. The largest absolute Gasteiger partial charge is 0.497 e. The van der Waals surface area contributed by atoms with Crippen LogP contribution in [0.4, 0.5) is 17.1 Å². The molecule has 2 aromatic carbocycles. The first-order valence-corrected chi connectivity index (χ1v) is 10.6. The van der Waals surface area contributed by atoms with E-state index in [1.807, 2.05) is 24.3 Å². The van der Waals surface area contributed by atoms with Gasteiger partial charge in [-0.15, -0.1) is 11.3 Å². The van der Waals surface area contributed by atoms with Gasteiger partial charge in [-0.3, -0.25) is 4.72 Å². The fourth-order valence-electron chi connectivity index (χ4n) is 2.25. The van der Waals surface area contributed by atoms with Crippen LogP contribution in [0, 0.1) is 0 Å². The second kappa shape index (κ2) is 8.38. The molecule has 1 heterocycles. The van der Waals surface area contributed by atoms with Crippen molar-refractivity contribution in [2.45, 2.75) is 4.21 Å². The molecule has 27 heavy (non-hydrogen) atoms. The first-order chi connectivity index (χ1) is 13.0. The van der Waals surface area contributed by atoms with Crippen LogP contribution in [0.5, 0.6) is 5.75 Å². The third kappa shape index (κ3) is 4.97. The van der Waals surface area contributed by atoms with Crippen LogP contribution >= 0.6 is 23.6 Å². The molecule has 6 nitrogen and oxygen atoms in total. The summed E-state index contributed by atoms with van der Waals surface area (Å²) in [6.07, 6.45) is 0. The molecule has 3 N–H and O–H groups in total. The van der Waals surface area contributed by atoms with Crippen LogP contribution in [0.25, 0.3) is 0 Å². The van der Waals surface area contributed by atoms with E-state index in [1.54, 1.807) is 48.9 Å². The Morgan fingerprint density at radius 3 is 2.30 bits per heavy atom. The Morgan fingerprint density at radius 2 is 1.67 bits per heavy atom. The van der Waals surface area contributed by atoms with Crippen molar-refractivity contribution in [3.63, 3.8) is 0 Å². The molecule has 0 bridgehead atoms. The minimum Gasteiger partial charge on any atom is -0.497 e. The lowest BCUT2D eigenvalue weighted by Crippen LogP contribution is -2.21. The standard InChI is InChI=1S/C18H17N3O3S3/c1-24-14-10-8-13(9-11-14)19-18(25)20-15-5-2-3-6-16(15)21-27(22,23)17-7-4-12-26-17/h2-12,21H,1H3,(H2,19,20,25). The SMILES string of the molecule is COc1ccc(NC(=S)Nc2ccccc2NS(=O)(=O)c2cccs2)cc1. The number of benzene rings is 2. The molecule has 0 unspecified atom stereocenters. The summed E-state index contributed by atoms with van der Waals surface area (Å²) in [5.41, 5.74) is 1.73. The summed E-state index contributed by atoms with van der Waals surface area (Å²) in [6, 6.07) is 17.5. The van der Waals surface area contributed by atoms with Crippen LogP contribution in [0.1, 0.15) is 0 Å². The highest BCUT2D eigenvalue weighted by molar-refractivity contribution is 7.94. The van der Waals surface area contributed by atoms with Crippen LogP contribution in [-0.2, 0) is 10.0 Å². The van der Waals surface area contributed by atoms with Gasteiger partial charge in [-0.05, 0) is 60.1 Å². The van der Waals surface area contributed by atoms with Crippen molar-refractivity contribution in [3.8, 4) is 5.75 Å². The van der Waals surface area contributed by atoms with Crippen molar-refractivity contribution in [1.82, 2.24) is 0 Å². The fourth-order valence-corrected chi connectivity index (χ4v) is 4.55. The van der Waals surface area contributed by atoms with E-state index in [0.717, 1.165) is 22.8 Å². The highest BCUT2D eigenvalue weighted by Crippen LogP contribution is 2.26. The average molecular weight is 420 g/mol. The van der Waals surface area contributed by atoms with Crippen molar-refractivity contribution >= 4 is 55.8 Å². The Balaban J connectivity index is 1.72. The van der Waals surface area contributed by atoms with E-state index in [9.17, 15) is 8.42 Å². The summed E-state index contributed by atoms with van der Waals surface area (Å²) in [4.78, 5) is 0. The molecule has 9 heteroatoms. The number of ether oxygens (including phenoxy) is 1. The highest BCUT2D eigenvalue weighted by atomic mass is 32.2. The van der Waals surface area contributed by atoms with Crippen molar-refractivity contribution in [2.75, 3.05) is 22.5 Å². The number of hydrogen-bond donors (Lipinski definition) is 3. The Kier molecular flexibility index (Phi) is 5.94. The molecule has 1 aromatic heterocycles. The minimum atomic E-state index is -3.64. The lowest BCUT2D eigenvalue weighted by Gasteiger charge is -2.15. The maximum absolute atomic E-state index is 12.5. The molecular weight excluding hydrogens is 402 g/mol. The number of rotatable bonds is 6. The Hall–Kier alpha value is -2.62. The number of methoxy groups -OCH3 is 1. The van der Waals surface area contributed by atoms with Crippen LogP contribution in [0.2, 0.25) is 0 Å². The lowest BCUT2D eigenvalue weighted by molar-refractivity contribution is 0.415. The topological polar surface area (TPSA) is 79.5 Å². The summed E-state index contributed by atoms with van der Waals surface area (Å²) in [5.74, 6) is 0.743. The number of thiophene rings is 1. The average Bonchev–Trinajstić information content (AvgIpc) is 3.19. The van der Waals surface area contributed by atoms with E-state index in [1.165, 1.54) is 0 Å². The molecule has 0 spiro atoms. The van der Waals surface area contributed by atoms with Crippen LogP contribution in [0.3, 0.4) is 0 Å². The maximum Gasteiger partial charge on any atom is 0.271 e. The van der Waals surface area contributed by atoms with Gasteiger partial charge in [0.05, 0.1) is 18.5 Å². The van der Waals surface area contributed by atoms with E-state index >= 15 is 0 Å². The van der Waals surface area contributed by atoms with Crippen molar-refractivity contribution in [2.24, 2.45) is 0 Å². The molecule has 0 aliphatic carbocycles. The Morgan fingerprint density at radius 1 is 0.963 bits per heavy atom. The molecule has 0 fully saturated rings. The van der Waals surface area contributed by atoms with Crippen molar-refractivity contribution in [1.29, 1.82) is 0 Å². The van der Waals surface area contributed by atoms with Gasteiger partial charge < -0.3 is 15.4 Å². The molecule has 0 amide bonds. The van der Waals surface area contributed by atoms with Gasteiger partial charge in [0, 0.05) is 5.69 Å². The van der Waals surface area contributed by atoms with E-state index in [2.05, 4.69) is 15.4 Å². The monoisotopic (exact) mass is 419 g/mol. The van der Waals surface area contributed by atoms with Gasteiger partial charge in [-0.1, -0.05) is 18.2 Å². The predicted molar refractivity (Wildman–Crippen MR) is 114 cm³/mol. The molecule has 140 valence electrons. The van der Waals surface area contributed by atoms with Gasteiger partial charge in [-0.25, -0.2) is 8.42 Å². The number of nitrogens with one attached hydrogen (secondary N) is 3. The summed E-state index contributed by atoms with van der Waals surface area (Å²) in [5, 5.41) is 8.12. The van der Waals surface area contributed by atoms with Gasteiger partial charge in [-0.2, -0.15) is 0 Å². The van der Waals surface area contributed by atoms with E-state index in [0.29, 0.717) is 16.5 Å². The zero-order valence-corrected chi connectivity index (χ0v) is 16.7. The molecule has 3 aromatic rings. The van der Waals surface area contributed by atoms with Gasteiger partial charge in [0.15, 0.2) is 5.11 Å². The number of para-hydroxylation sites is 2. The van der Waals surface area contributed by atoms with E-state index in [-0.39, 0.29) is 4.21 Å². The van der Waals surface area contributed by atoms with Gasteiger partial charge in [0.1, 0.15) is 9.96 Å². The normalized spacial score (nSPS) is 10.9. The number of thiocarbonyl (C=S) groups is 1. The first-order valence-electron chi connectivity index (χ1n) is 7.85. The maximum atomic E-state index is 12.5. The van der Waals surface area contributed by atoms with E-state index in [4.69, 9.17) is 17.0 Å². The number of hydrogen-bond acceptors (Lipinski definition) is 5. The summed E-state index contributed by atoms with van der Waals surface area (Å²) in [7, 11) is -2.04. The second-order valence-electron chi connectivity index (χ2n) is 5.39. The van der Waals surface area contributed by atoms with E-state index < -0.39 is 10.0 Å². The lowest BCUT2D eigenvalue weighted by atomic mass is 10.3. The van der Waals surface area contributed by atoms with Gasteiger partial charge in [0.25, 0.3) is 10.0 Å². The quantitative estimate of drug-likeness (QED) is 0.515. The number of anilines is 3. The molecule has 0 saturated carbocycles.